The monoisotopic (exact) mass is 728 g/mol. The van der Waals surface area contributed by atoms with E-state index in [1.54, 1.807) is 5.38 Å². The van der Waals surface area contributed by atoms with Gasteiger partial charge in [0, 0.05) is 59.4 Å². The molecule has 3 aromatic heterocycles. The Balaban J connectivity index is 1.05. The lowest BCUT2D eigenvalue weighted by atomic mass is 9.89. The first-order valence-corrected chi connectivity index (χ1v) is 18.5. The normalized spacial score (nSPS) is 21.1. The number of carboxylic acid groups (broad SMARTS) is 1. The molecular weight excluding hydrogens is 691 g/mol. The van der Waals surface area contributed by atoms with Crippen LogP contribution in [0.1, 0.15) is 36.1 Å². The number of aromatic nitrogens is 3. The number of anilines is 1. The van der Waals surface area contributed by atoms with Crippen molar-refractivity contribution in [2.45, 2.75) is 43.8 Å². The number of hydrogen-bond acceptors (Lipinski definition) is 11. The van der Waals surface area contributed by atoms with Crippen LogP contribution < -0.4 is 21.4 Å². The van der Waals surface area contributed by atoms with Crippen molar-refractivity contribution in [2.24, 2.45) is 21.8 Å². The molecule has 3 aliphatic rings. The summed E-state index contributed by atoms with van der Waals surface area (Å²) in [4.78, 5) is 54.2. The number of thiazole rings is 1. The maximum Gasteiger partial charge on any atom is 0.352 e. The molecule has 7 rings (SSSR count). The summed E-state index contributed by atoms with van der Waals surface area (Å²) in [5.41, 5.74) is 15.9. The Morgan fingerprint density at radius 2 is 2.04 bits per heavy atom. The maximum atomic E-state index is 13.4. The summed E-state index contributed by atoms with van der Waals surface area (Å²) in [7, 11) is 1.32. The number of hydrogen-bond donors (Lipinski definition) is 4. The lowest BCUT2D eigenvalue weighted by Crippen LogP contribution is -2.62. The number of Topliss-reactive ketones (excluding diaryl/α,β-unsaturated/α-hetero) is 1. The molecule has 0 aliphatic carbocycles. The molecular formula is C35H38N9O5S2+. The van der Waals surface area contributed by atoms with Gasteiger partial charge in [-0.05, 0) is 31.0 Å². The van der Waals surface area contributed by atoms with Gasteiger partial charge in [0.05, 0.1) is 17.3 Å². The number of benzene rings is 1. The van der Waals surface area contributed by atoms with Crippen molar-refractivity contribution in [1.29, 1.82) is 0 Å². The SMILES string of the molecule is CO/N=C(\C(=O)C[C@@H]1C(=O)N2C(C(=O)O)=C(C[n+]3ccc4ccn(Cc5ccc(C(N)=NC6CCCNC6)cc5)c4c3)CS[C@H]12)c1csc(N)n1. The predicted octanol–water partition coefficient (Wildman–Crippen LogP) is 2.35. The first-order valence-electron chi connectivity index (χ1n) is 16.6. The molecule has 2 saturated heterocycles. The Bertz CT molecular complexity index is 2080. The summed E-state index contributed by atoms with van der Waals surface area (Å²) < 4.78 is 4.09. The number of nitrogens with one attached hydrogen (secondary N) is 1. The Hall–Kier alpha value is -5.06. The topological polar surface area (TPSA) is 194 Å². The number of carbonyl (C=O) groups excluding carboxylic acids is 2. The summed E-state index contributed by atoms with van der Waals surface area (Å²) in [5, 5.41) is 19.9. The number of oxime groups is 1. The molecule has 0 radical (unpaired) electrons. The van der Waals surface area contributed by atoms with Crippen LogP contribution in [0.2, 0.25) is 0 Å². The van der Waals surface area contributed by atoms with Crippen molar-refractivity contribution in [3.05, 3.63) is 88.5 Å². The van der Waals surface area contributed by atoms with E-state index in [0.717, 1.165) is 59.3 Å². The van der Waals surface area contributed by atoms with Gasteiger partial charge in [0.2, 0.25) is 5.91 Å². The number of aliphatic imine (C=N–C) groups is 1. The lowest BCUT2D eigenvalue weighted by Gasteiger charge is -2.49. The summed E-state index contributed by atoms with van der Waals surface area (Å²) in [6.45, 7) is 2.80. The Kier molecular flexibility index (Phi) is 9.88. The highest BCUT2D eigenvalue weighted by atomic mass is 32.2. The molecule has 1 amide bonds. The average Bonchev–Trinajstić information content (AvgIpc) is 3.75. The smallest absolute Gasteiger partial charge is 0.352 e. The molecule has 6 heterocycles. The van der Waals surface area contributed by atoms with E-state index in [1.807, 2.05) is 47.4 Å². The third-order valence-electron chi connectivity index (χ3n) is 9.32. The Morgan fingerprint density at radius 3 is 2.75 bits per heavy atom. The minimum Gasteiger partial charge on any atom is -0.477 e. The van der Waals surface area contributed by atoms with Crippen molar-refractivity contribution < 1.29 is 28.9 Å². The zero-order valence-corrected chi connectivity index (χ0v) is 29.5. The molecule has 0 spiro atoms. The third-order valence-corrected chi connectivity index (χ3v) is 11.4. The number of carbonyl (C=O) groups is 3. The first-order chi connectivity index (χ1) is 24.7. The molecule has 3 atom stereocenters. The van der Waals surface area contributed by atoms with Crippen LogP contribution in [0, 0.1) is 5.92 Å². The number of nitrogens with zero attached hydrogens (tertiary/aromatic N) is 6. The van der Waals surface area contributed by atoms with E-state index < -0.39 is 29.0 Å². The molecule has 0 saturated carbocycles. The van der Waals surface area contributed by atoms with Gasteiger partial charge < -0.3 is 31.3 Å². The number of nitrogen functional groups attached to an aromatic ring is 1. The second-order valence-electron chi connectivity index (χ2n) is 12.7. The molecule has 264 valence electrons. The van der Waals surface area contributed by atoms with Gasteiger partial charge in [-0.3, -0.25) is 19.5 Å². The van der Waals surface area contributed by atoms with E-state index in [9.17, 15) is 19.5 Å². The van der Waals surface area contributed by atoms with Crippen LogP contribution in [0.5, 0.6) is 0 Å². The number of piperidine rings is 1. The summed E-state index contributed by atoms with van der Waals surface area (Å²) in [6.07, 6.45) is 7.93. The fraction of sp³-hybridized carbons (Fsp3) is 0.343. The molecule has 14 nitrogen and oxygen atoms in total. The molecule has 4 aromatic rings. The van der Waals surface area contributed by atoms with Crippen molar-refractivity contribution >= 4 is 68.3 Å². The highest BCUT2D eigenvalue weighted by molar-refractivity contribution is 8.00. The predicted molar refractivity (Wildman–Crippen MR) is 195 cm³/mol. The van der Waals surface area contributed by atoms with Crippen molar-refractivity contribution in [3.63, 3.8) is 0 Å². The number of amidine groups is 1. The van der Waals surface area contributed by atoms with Gasteiger partial charge in [0.15, 0.2) is 35.6 Å². The highest BCUT2D eigenvalue weighted by Gasteiger charge is 2.54. The zero-order chi connectivity index (χ0) is 35.6. The van der Waals surface area contributed by atoms with Crippen molar-refractivity contribution in [2.75, 3.05) is 31.7 Å². The second kappa shape index (κ2) is 14.7. The van der Waals surface area contributed by atoms with Gasteiger partial charge >= 0.3 is 5.97 Å². The van der Waals surface area contributed by atoms with Crippen molar-refractivity contribution in [3.8, 4) is 0 Å². The minimum absolute atomic E-state index is 0.0253. The third kappa shape index (κ3) is 7.11. The van der Waals surface area contributed by atoms with Crippen LogP contribution in [-0.2, 0) is 32.3 Å². The Labute approximate surface area is 301 Å². The standard InChI is InChI=1S/C35H37N9O5S2/c1-49-41-29(26-19-51-35(37)40-26)28(45)13-25-32(46)44-30(34(47)48)23(18-50-33(25)44)16-42-11-8-21-9-12-43(27(21)17-42)15-20-4-6-22(7-5-20)31(36)39-24-3-2-10-38-14-24/h4-9,11-12,17,19,24-25,33,38H,2-3,10,13-16,18H2,1H3,(H4-,36,37,39,40,47,48)/p+1/b41-29-/t24?,25-,33-/m1/s1. The van der Waals surface area contributed by atoms with E-state index in [-0.39, 0.29) is 41.2 Å². The number of rotatable bonds is 12. The van der Waals surface area contributed by atoms with Crippen LogP contribution in [0.3, 0.4) is 0 Å². The Morgan fingerprint density at radius 1 is 1.22 bits per heavy atom. The quantitative estimate of drug-likeness (QED) is 0.0553. The number of amides is 1. The number of β-lactam (4-membered cyclic amide) rings is 1. The van der Waals surface area contributed by atoms with Crippen LogP contribution in [0.25, 0.3) is 10.9 Å². The fourth-order valence-electron chi connectivity index (χ4n) is 6.78. The van der Waals surface area contributed by atoms with Crippen LogP contribution >= 0.6 is 23.1 Å². The van der Waals surface area contributed by atoms with Gasteiger partial charge in [-0.2, -0.15) is 4.57 Å². The van der Waals surface area contributed by atoms with Crippen molar-refractivity contribution in [1.82, 2.24) is 19.8 Å². The summed E-state index contributed by atoms with van der Waals surface area (Å²) in [5.74, 6) is -1.77. The van der Waals surface area contributed by atoms with E-state index in [4.69, 9.17) is 21.3 Å². The molecule has 51 heavy (non-hydrogen) atoms. The fourth-order valence-corrected chi connectivity index (χ4v) is 8.73. The van der Waals surface area contributed by atoms with Gasteiger partial charge in [0.25, 0.3) is 0 Å². The number of fused-ring (bicyclic) bond motifs is 2. The van der Waals surface area contributed by atoms with E-state index in [2.05, 4.69) is 32.2 Å². The van der Waals surface area contributed by atoms with E-state index in [0.29, 0.717) is 23.7 Å². The number of ketones is 1. The van der Waals surface area contributed by atoms with Crippen LogP contribution in [0.4, 0.5) is 5.13 Å². The van der Waals surface area contributed by atoms with Gasteiger partial charge in [-0.15, -0.1) is 23.1 Å². The summed E-state index contributed by atoms with van der Waals surface area (Å²) in [6, 6.07) is 12.4. The van der Waals surface area contributed by atoms with Gasteiger partial charge in [0.1, 0.15) is 29.9 Å². The number of carboxylic acids is 1. The number of nitrogens with two attached hydrogens (primary N) is 2. The highest BCUT2D eigenvalue weighted by Crippen LogP contribution is 2.45. The van der Waals surface area contributed by atoms with E-state index in [1.165, 1.54) is 23.8 Å². The van der Waals surface area contributed by atoms with Crippen LogP contribution in [-0.4, -0.2) is 86.1 Å². The van der Waals surface area contributed by atoms with Crippen LogP contribution in [0.15, 0.2) is 81.8 Å². The van der Waals surface area contributed by atoms with Gasteiger partial charge in [-0.25, -0.2) is 9.78 Å². The minimum atomic E-state index is -1.18. The molecule has 3 aliphatic heterocycles. The number of pyridine rings is 1. The molecule has 1 unspecified atom stereocenters. The largest absolute Gasteiger partial charge is 0.477 e. The maximum absolute atomic E-state index is 13.4. The molecule has 1 aromatic carbocycles. The van der Waals surface area contributed by atoms with Gasteiger partial charge in [-0.1, -0.05) is 29.4 Å². The lowest BCUT2D eigenvalue weighted by molar-refractivity contribution is -0.687. The zero-order valence-electron chi connectivity index (χ0n) is 27.9. The second-order valence-corrected chi connectivity index (χ2v) is 14.7. The molecule has 0 bridgehead atoms. The first kappa shape index (κ1) is 34.4. The number of aliphatic carboxylic acids is 1. The molecule has 6 N–H and O–H groups in total. The van der Waals surface area contributed by atoms with E-state index >= 15 is 0 Å². The molecule has 16 heteroatoms. The summed E-state index contributed by atoms with van der Waals surface area (Å²) >= 11 is 2.61. The number of thioether (sulfide) groups is 1. The molecule has 2 fully saturated rings. The average molecular weight is 729 g/mol.